The van der Waals surface area contributed by atoms with E-state index in [1.54, 1.807) is 13.8 Å². The van der Waals surface area contributed by atoms with Crippen LogP contribution in [0.4, 0.5) is 8.78 Å². The van der Waals surface area contributed by atoms with E-state index in [9.17, 15) is 18.4 Å². The van der Waals surface area contributed by atoms with Gasteiger partial charge >= 0.3 is 11.9 Å². The summed E-state index contributed by atoms with van der Waals surface area (Å²) >= 11 is 0. The minimum absolute atomic E-state index is 0.0912. The van der Waals surface area contributed by atoms with Gasteiger partial charge in [0.2, 0.25) is 0 Å². The van der Waals surface area contributed by atoms with Crippen LogP contribution in [0.5, 0.6) is 0 Å². The molecule has 0 fully saturated rings. The maximum Gasteiger partial charge on any atom is 0.336 e. The van der Waals surface area contributed by atoms with Gasteiger partial charge in [-0.15, -0.1) is 0 Å². The number of nitrogens with one attached hydrogen (secondary N) is 1. The van der Waals surface area contributed by atoms with E-state index in [-0.39, 0.29) is 16.7 Å². The molecule has 0 spiro atoms. The number of carbonyl (C=O) groups is 2. The topological polar surface area (TPSA) is 64.6 Å². The smallest absolute Gasteiger partial charge is 0.336 e. The summed E-state index contributed by atoms with van der Waals surface area (Å²) in [7, 11) is 2.38. The number of esters is 2. The molecule has 1 aromatic rings. The lowest BCUT2D eigenvalue weighted by Gasteiger charge is -2.30. The molecule has 128 valence electrons. The van der Waals surface area contributed by atoms with Crippen molar-refractivity contribution in [2.24, 2.45) is 0 Å². The van der Waals surface area contributed by atoms with Crippen molar-refractivity contribution in [1.29, 1.82) is 0 Å². The Labute approximate surface area is 137 Å². The minimum atomic E-state index is -1.00. The first kappa shape index (κ1) is 17.7. The first-order chi connectivity index (χ1) is 11.3. The quantitative estimate of drug-likeness (QED) is 0.859. The summed E-state index contributed by atoms with van der Waals surface area (Å²) in [4.78, 5) is 24.4. The molecule has 5 nitrogen and oxygen atoms in total. The third-order valence-electron chi connectivity index (χ3n) is 3.79. The number of hydrogen-bond donors (Lipinski definition) is 1. The minimum Gasteiger partial charge on any atom is -0.466 e. The maximum absolute atomic E-state index is 13.7. The third-order valence-corrected chi connectivity index (χ3v) is 3.79. The van der Waals surface area contributed by atoms with Gasteiger partial charge in [-0.3, -0.25) is 0 Å². The van der Waals surface area contributed by atoms with E-state index < -0.39 is 29.5 Å². The van der Waals surface area contributed by atoms with Crippen molar-refractivity contribution in [2.75, 3.05) is 14.2 Å². The Morgan fingerprint density at radius 1 is 0.917 bits per heavy atom. The van der Waals surface area contributed by atoms with Gasteiger partial charge in [0.15, 0.2) is 0 Å². The average Bonchev–Trinajstić information content (AvgIpc) is 2.51. The highest BCUT2D eigenvalue weighted by Gasteiger charge is 2.37. The van der Waals surface area contributed by atoms with Gasteiger partial charge in [-0.25, -0.2) is 18.4 Å². The number of carbonyl (C=O) groups excluding carboxylic acids is 2. The van der Waals surface area contributed by atoms with E-state index in [4.69, 9.17) is 9.47 Å². The van der Waals surface area contributed by atoms with Crippen LogP contribution in [-0.2, 0) is 19.1 Å². The number of methoxy groups -OCH3 is 2. The molecule has 0 unspecified atom stereocenters. The first-order valence-electron chi connectivity index (χ1n) is 7.11. The van der Waals surface area contributed by atoms with Gasteiger partial charge in [0.25, 0.3) is 0 Å². The highest BCUT2D eigenvalue weighted by molar-refractivity contribution is 5.99. The second-order valence-corrected chi connectivity index (χ2v) is 5.32. The summed E-state index contributed by atoms with van der Waals surface area (Å²) in [6, 6.07) is 2.87. The number of ether oxygens (including phenoxy) is 2. The van der Waals surface area contributed by atoms with Crippen molar-refractivity contribution in [3.8, 4) is 0 Å². The Kier molecular flexibility index (Phi) is 5.02. The Hall–Kier alpha value is -2.70. The fourth-order valence-electron chi connectivity index (χ4n) is 2.83. The van der Waals surface area contributed by atoms with Crippen molar-refractivity contribution in [1.82, 2.24) is 5.32 Å². The number of dihydropyridines is 1. The Bertz CT molecular complexity index is 710. The molecule has 0 bridgehead atoms. The lowest BCUT2D eigenvalue weighted by atomic mass is 9.80. The zero-order valence-corrected chi connectivity index (χ0v) is 13.7. The molecule has 1 aliphatic heterocycles. The summed E-state index contributed by atoms with van der Waals surface area (Å²) in [5.74, 6) is -4.04. The van der Waals surface area contributed by atoms with Gasteiger partial charge in [-0.2, -0.15) is 0 Å². The molecule has 0 amide bonds. The fraction of sp³-hybridized carbons (Fsp3) is 0.294. The number of benzene rings is 1. The number of hydrogen-bond acceptors (Lipinski definition) is 5. The maximum atomic E-state index is 13.7. The van der Waals surface area contributed by atoms with Gasteiger partial charge in [0.05, 0.1) is 31.3 Å². The van der Waals surface area contributed by atoms with E-state index in [0.29, 0.717) is 17.5 Å². The van der Waals surface area contributed by atoms with Gasteiger partial charge in [0, 0.05) is 17.5 Å². The zero-order valence-electron chi connectivity index (χ0n) is 13.7. The molecule has 1 aromatic carbocycles. The van der Waals surface area contributed by atoms with Crippen molar-refractivity contribution in [3.63, 3.8) is 0 Å². The summed E-state index contributed by atoms with van der Waals surface area (Å²) in [6.07, 6.45) is 0. The monoisotopic (exact) mass is 337 g/mol. The van der Waals surface area contributed by atoms with Crippen LogP contribution in [0.15, 0.2) is 40.7 Å². The van der Waals surface area contributed by atoms with Crippen molar-refractivity contribution < 1.29 is 27.8 Å². The van der Waals surface area contributed by atoms with E-state index >= 15 is 0 Å². The van der Waals surface area contributed by atoms with Crippen molar-refractivity contribution in [2.45, 2.75) is 19.8 Å². The molecule has 1 aliphatic rings. The molecule has 0 aromatic heterocycles. The second-order valence-electron chi connectivity index (χ2n) is 5.32. The molecule has 0 aliphatic carbocycles. The molecular weight excluding hydrogens is 320 g/mol. The predicted octanol–water partition coefficient (Wildman–Crippen LogP) is 2.55. The average molecular weight is 337 g/mol. The van der Waals surface area contributed by atoms with Crippen molar-refractivity contribution >= 4 is 11.9 Å². The molecule has 1 heterocycles. The second kappa shape index (κ2) is 6.82. The normalized spacial score (nSPS) is 15.2. The van der Waals surface area contributed by atoms with Crippen LogP contribution >= 0.6 is 0 Å². The Morgan fingerprint density at radius 3 is 1.71 bits per heavy atom. The molecule has 0 saturated heterocycles. The zero-order chi connectivity index (χ0) is 18.0. The summed E-state index contributed by atoms with van der Waals surface area (Å²) < 4.78 is 36.9. The van der Waals surface area contributed by atoms with E-state index in [1.807, 2.05) is 0 Å². The van der Waals surface area contributed by atoms with Crippen molar-refractivity contribution in [3.05, 3.63) is 57.9 Å². The van der Waals surface area contributed by atoms with Gasteiger partial charge in [0.1, 0.15) is 11.6 Å². The first-order valence-corrected chi connectivity index (χ1v) is 7.11. The number of allylic oxidation sites excluding steroid dienone is 2. The summed E-state index contributed by atoms with van der Waals surface area (Å²) in [5.41, 5.74) is 1.17. The molecular formula is C17H17F2NO4. The predicted molar refractivity (Wildman–Crippen MR) is 81.7 cm³/mol. The van der Waals surface area contributed by atoms with Crippen LogP contribution in [0, 0.1) is 11.6 Å². The highest BCUT2D eigenvalue weighted by atomic mass is 19.1. The van der Waals surface area contributed by atoms with Crippen LogP contribution in [0.3, 0.4) is 0 Å². The van der Waals surface area contributed by atoms with Gasteiger partial charge in [-0.1, -0.05) is 0 Å². The largest absolute Gasteiger partial charge is 0.466 e. The summed E-state index contributed by atoms with van der Waals surface area (Å²) in [6.45, 7) is 3.24. The Balaban J connectivity index is 2.74. The van der Waals surface area contributed by atoms with Crippen LogP contribution in [0.1, 0.15) is 25.3 Å². The van der Waals surface area contributed by atoms with Gasteiger partial charge < -0.3 is 14.8 Å². The molecule has 7 heteroatoms. The molecule has 0 saturated carbocycles. The standard InChI is InChI=1S/C17H17F2NO4/c1-8-13(16(21)23-3)15(10-5-11(18)7-12(19)6-10)14(9(2)20-8)17(22)24-4/h5-7,15,20H,1-4H3. The number of rotatable bonds is 3. The van der Waals surface area contributed by atoms with E-state index in [1.165, 1.54) is 14.2 Å². The lowest BCUT2D eigenvalue weighted by molar-refractivity contribution is -0.137. The van der Waals surface area contributed by atoms with Crippen LogP contribution < -0.4 is 5.32 Å². The summed E-state index contributed by atoms with van der Waals surface area (Å²) in [5, 5.41) is 2.91. The van der Waals surface area contributed by atoms with Crippen LogP contribution in [-0.4, -0.2) is 26.2 Å². The SMILES string of the molecule is COC(=O)C1=C(C)NC(C)=C(C(=O)OC)C1c1cc(F)cc(F)c1. The lowest BCUT2D eigenvalue weighted by Crippen LogP contribution is -2.32. The molecule has 0 radical (unpaired) electrons. The Morgan fingerprint density at radius 2 is 1.33 bits per heavy atom. The molecule has 1 N–H and O–H groups in total. The third kappa shape index (κ3) is 3.15. The molecule has 24 heavy (non-hydrogen) atoms. The van der Waals surface area contributed by atoms with E-state index in [2.05, 4.69) is 5.32 Å². The highest BCUT2D eigenvalue weighted by Crippen LogP contribution is 2.39. The van der Waals surface area contributed by atoms with Crippen LogP contribution in [0.2, 0.25) is 0 Å². The van der Waals surface area contributed by atoms with E-state index in [0.717, 1.165) is 12.1 Å². The molecule has 0 atom stereocenters. The number of halogens is 2. The van der Waals surface area contributed by atoms with Crippen LogP contribution in [0.25, 0.3) is 0 Å². The van der Waals surface area contributed by atoms with Gasteiger partial charge in [-0.05, 0) is 31.5 Å². The fourth-order valence-corrected chi connectivity index (χ4v) is 2.83. The molecule has 2 rings (SSSR count).